The van der Waals surface area contributed by atoms with E-state index in [9.17, 15) is 9.59 Å². The third-order valence-electron chi connectivity index (χ3n) is 6.28. The molecule has 2 aromatic heterocycles. The fourth-order valence-corrected chi connectivity index (χ4v) is 5.69. The molecule has 1 saturated heterocycles. The highest BCUT2D eigenvalue weighted by Crippen LogP contribution is 2.38. The number of aryl methyl sites for hydroxylation is 1. The van der Waals surface area contributed by atoms with Gasteiger partial charge >= 0.3 is 0 Å². The molecule has 0 radical (unpaired) electrons. The highest BCUT2D eigenvalue weighted by molar-refractivity contribution is 8.26. The number of hydrogen-bond donors (Lipinski definition) is 0. The summed E-state index contributed by atoms with van der Waals surface area (Å²) in [6.45, 7) is 3.96. The maximum absolute atomic E-state index is 13.4. The van der Waals surface area contributed by atoms with Crippen LogP contribution >= 0.6 is 24.0 Å². The number of rotatable bonds is 4. The highest BCUT2D eigenvalue weighted by atomic mass is 32.2. The zero-order valence-corrected chi connectivity index (χ0v) is 20.0. The van der Waals surface area contributed by atoms with Crippen LogP contribution in [0.2, 0.25) is 0 Å². The van der Waals surface area contributed by atoms with Gasteiger partial charge in [-0.15, -0.1) is 0 Å². The summed E-state index contributed by atoms with van der Waals surface area (Å²) >= 11 is 6.76. The van der Waals surface area contributed by atoms with E-state index in [0.29, 0.717) is 20.6 Å². The van der Waals surface area contributed by atoms with Gasteiger partial charge in [-0.3, -0.25) is 18.9 Å². The Hall–Kier alpha value is -2.97. The Labute approximate surface area is 201 Å². The van der Waals surface area contributed by atoms with Gasteiger partial charge in [0.05, 0.1) is 4.91 Å². The zero-order chi connectivity index (χ0) is 23.1. The van der Waals surface area contributed by atoms with Gasteiger partial charge in [0.15, 0.2) is 0 Å². The summed E-state index contributed by atoms with van der Waals surface area (Å²) in [4.78, 5) is 33.4. The molecule has 1 aliphatic heterocycles. The number of thiocarbonyl (C=S) groups is 1. The first-order valence-electron chi connectivity index (χ1n) is 11.0. The van der Waals surface area contributed by atoms with Crippen molar-refractivity contribution in [2.24, 2.45) is 0 Å². The van der Waals surface area contributed by atoms with Crippen LogP contribution < -0.4 is 10.3 Å². The van der Waals surface area contributed by atoms with Crippen molar-refractivity contribution in [3.8, 4) is 11.6 Å². The third kappa shape index (κ3) is 3.98. The average molecular weight is 478 g/mol. The molecular formula is C25H23N3O3S2. The van der Waals surface area contributed by atoms with Gasteiger partial charge in [-0.05, 0) is 62.1 Å². The summed E-state index contributed by atoms with van der Waals surface area (Å²) in [6.07, 6.45) is 7.37. The Morgan fingerprint density at radius 3 is 2.70 bits per heavy atom. The fourth-order valence-electron chi connectivity index (χ4n) is 4.31. The van der Waals surface area contributed by atoms with Crippen molar-refractivity contribution in [1.82, 2.24) is 14.3 Å². The lowest BCUT2D eigenvalue weighted by molar-refractivity contribution is -0.123. The van der Waals surface area contributed by atoms with Crippen molar-refractivity contribution in [1.29, 1.82) is 0 Å². The first kappa shape index (κ1) is 21.9. The van der Waals surface area contributed by atoms with E-state index in [1.165, 1.54) is 16.2 Å². The van der Waals surface area contributed by atoms with E-state index in [2.05, 4.69) is 4.98 Å². The molecule has 3 aromatic rings. The van der Waals surface area contributed by atoms with E-state index in [-0.39, 0.29) is 29.0 Å². The molecule has 168 valence electrons. The molecule has 3 heterocycles. The summed E-state index contributed by atoms with van der Waals surface area (Å²) in [5.41, 5.74) is 2.44. The molecule has 1 aromatic carbocycles. The Morgan fingerprint density at radius 2 is 1.91 bits per heavy atom. The van der Waals surface area contributed by atoms with Crippen molar-refractivity contribution < 1.29 is 9.53 Å². The minimum absolute atomic E-state index is 0.143. The topological polar surface area (TPSA) is 63.9 Å². The van der Waals surface area contributed by atoms with Crippen LogP contribution in [-0.2, 0) is 4.79 Å². The third-order valence-corrected chi connectivity index (χ3v) is 7.61. The zero-order valence-electron chi connectivity index (χ0n) is 18.4. The van der Waals surface area contributed by atoms with Crippen LogP contribution in [0.5, 0.6) is 11.6 Å². The van der Waals surface area contributed by atoms with E-state index in [4.69, 9.17) is 17.0 Å². The maximum Gasteiger partial charge on any atom is 0.269 e. The average Bonchev–Trinajstić information content (AvgIpc) is 3.41. The molecule has 0 spiro atoms. The predicted octanol–water partition coefficient (Wildman–Crippen LogP) is 5.25. The molecule has 0 N–H and O–H groups in total. The van der Waals surface area contributed by atoms with Gasteiger partial charge in [-0.25, -0.2) is 0 Å². The molecule has 1 aliphatic carbocycles. The number of thioether (sulfide) groups is 1. The lowest BCUT2D eigenvalue weighted by atomic mass is 10.1. The molecule has 33 heavy (non-hydrogen) atoms. The molecule has 6 nitrogen and oxygen atoms in total. The van der Waals surface area contributed by atoms with Gasteiger partial charge in [0, 0.05) is 12.2 Å². The van der Waals surface area contributed by atoms with Gasteiger partial charge in [0.1, 0.15) is 21.3 Å². The number of ether oxygens (including phenoxy) is 1. The number of pyridine rings is 1. The van der Waals surface area contributed by atoms with Crippen LogP contribution in [0.15, 0.2) is 52.3 Å². The fraction of sp³-hybridized carbons (Fsp3) is 0.280. The second-order valence-corrected chi connectivity index (χ2v) is 10.0. The molecule has 2 aliphatic rings. The molecule has 0 unspecified atom stereocenters. The van der Waals surface area contributed by atoms with Crippen LogP contribution in [0, 0.1) is 13.8 Å². The molecule has 0 bridgehead atoms. The summed E-state index contributed by atoms with van der Waals surface area (Å²) in [7, 11) is 0. The SMILES string of the molecule is Cc1cccc(Oc2nc3ccccn3c(=O)c2/C=C2/SC(=S)N(C3CCCC3)C2=O)c1C. The van der Waals surface area contributed by atoms with Gasteiger partial charge in [-0.2, -0.15) is 4.98 Å². The van der Waals surface area contributed by atoms with E-state index in [0.717, 1.165) is 36.8 Å². The Balaban J connectivity index is 1.62. The van der Waals surface area contributed by atoms with Gasteiger partial charge < -0.3 is 4.74 Å². The minimum Gasteiger partial charge on any atom is -0.438 e. The van der Waals surface area contributed by atoms with Crippen molar-refractivity contribution >= 4 is 45.9 Å². The number of fused-ring (bicyclic) bond motifs is 1. The van der Waals surface area contributed by atoms with Crippen molar-refractivity contribution in [3.63, 3.8) is 0 Å². The first-order valence-corrected chi connectivity index (χ1v) is 12.2. The lowest BCUT2D eigenvalue weighted by Crippen LogP contribution is -2.36. The molecule has 5 rings (SSSR count). The number of carbonyl (C=O) groups is 1. The number of carbonyl (C=O) groups excluding carboxylic acids is 1. The van der Waals surface area contributed by atoms with Gasteiger partial charge in [0.25, 0.3) is 11.5 Å². The number of aromatic nitrogens is 2. The van der Waals surface area contributed by atoms with E-state index < -0.39 is 0 Å². The smallest absolute Gasteiger partial charge is 0.269 e. The molecule has 0 atom stereocenters. The second-order valence-electron chi connectivity index (χ2n) is 8.35. The summed E-state index contributed by atoms with van der Waals surface area (Å²) < 4.78 is 8.18. The number of amides is 1. The van der Waals surface area contributed by atoms with Crippen LogP contribution in [0.3, 0.4) is 0 Å². The van der Waals surface area contributed by atoms with Gasteiger partial charge in [0.2, 0.25) is 5.88 Å². The molecule has 2 fully saturated rings. The second kappa shape index (κ2) is 8.76. The van der Waals surface area contributed by atoms with Crippen LogP contribution in [0.4, 0.5) is 0 Å². The van der Waals surface area contributed by atoms with Crippen molar-refractivity contribution in [2.45, 2.75) is 45.6 Å². The predicted molar refractivity (Wildman–Crippen MR) is 135 cm³/mol. The Morgan fingerprint density at radius 1 is 1.12 bits per heavy atom. The molecular weight excluding hydrogens is 454 g/mol. The van der Waals surface area contributed by atoms with Crippen LogP contribution in [0.25, 0.3) is 11.7 Å². The molecule has 8 heteroatoms. The Kier molecular flexibility index (Phi) is 5.80. The standard InChI is InChI=1S/C25H23N3O3S2/c1-15-8-7-11-19(16(15)2)31-22-18(23(29)27-13-6-5-12-21(27)26-22)14-20-24(30)28(25(32)33-20)17-9-3-4-10-17/h5-8,11-14,17H,3-4,9-10H2,1-2H3/b20-14+. The number of hydrogen-bond acceptors (Lipinski definition) is 6. The number of benzene rings is 1. The highest BCUT2D eigenvalue weighted by Gasteiger charge is 2.38. The summed E-state index contributed by atoms with van der Waals surface area (Å²) in [6, 6.07) is 11.2. The number of nitrogens with zero attached hydrogens (tertiary/aromatic N) is 3. The minimum atomic E-state index is -0.299. The normalized spacial score (nSPS) is 18.1. The van der Waals surface area contributed by atoms with Crippen LogP contribution in [0.1, 0.15) is 42.4 Å². The van der Waals surface area contributed by atoms with Crippen LogP contribution in [-0.4, -0.2) is 30.6 Å². The molecule has 1 saturated carbocycles. The largest absolute Gasteiger partial charge is 0.438 e. The molecule has 1 amide bonds. The first-order chi connectivity index (χ1) is 15.9. The van der Waals surface area contributed by atoms with E-state index >= 15 is 0 Å². The van der Waals surface area contributed by atoms with E-state index in [1.54, 1.807) is 29.3 Å². The quantitative estimate of drug-likeness (QED) is 0.378. The maximum atomic E-state index is 13.4. The Bertz CT molecular complexity index is 1370. The monoisotopic (exact) mass is 477 g/mol. The van der Waals surface area contributed by atoms with Crippen molar-refractivity contribution in [3.05, 3.63) is 74.5 Å². The lowest BCUT2D eigenvalue weighted by Gasteiger charge is -2.21. The summed E-state index contributed by atoms with van der Waals surface area (Å²) in [5, 5.41) is 0. The van der Waals surface area contributed by atoms with E-state index in [1.807, 2.05) is 38.1 Å². The van der Waals surface area contributed by atoms with Gasteiger partial charge in [-0.1, -0.05) is 55.0 Å². The summed E-state index contributed by atoms with van der Waals surface area (Å²) in [5.74, 6) is 0.647. The van der Waals surface area contributed by atoms with Crippen molar-refractivity contribution in [2.75, 3.05) is 0 Å².